The summed E-state index contributed by atoms with van der Waals surface area (Å²) in [6.07, 6.45) is 0. The number of carbonyl (C=O) groups is 1. The standard InChI is InChI=1S/C18H16F2N6O2/c1-10(15(27)28)21-16-24-17(22-13-6-2-11(19)3-7-13)26-18(25-16)23-14-8-4-12(20)5-9-14/h2-10H,1H3,(H,27,28)(H3,21,22,23,24,25,26)/t10-/m1/s1. The average molecular weight is 386 g/mol. The number of halogens is 2. The van der Waals surface area contributed by atoms with E-state index in [0.717, 1.165) is 0 Å². The topological polar surface area (TPSA) is 112 Å². The van der Waals surface area contributed by atoms with Crippen molar-refractivity contribution in [2.45, 2.75) is 13.0 Å². The lowest BCUT2D eigenvalue weighted by Gasteiger charge is -2.13. The van der Waals surface area contributed by atoms with Gasteiger partial charge in [0.1, 0.15) is 17.7 Å². The zero-order valence-electron chi connectivity index (χ0n) is 14.6. The van der Waals surface area contributed by atoms with Gasteiger partial charge in [-0.2, -0.15) is 15.0 Å². The van der Waals surface area contributed by atoms with Crippen LogP contribution < -0.4 is 16.0 Å². The molecule has 0 saturated heterocycles. The fourth-order valence-electron chi connectivity index (χ4n) is 2.13. The zero-order valence-corrected chi connectivity index (χ0v) is 14.6. The number of nitrogens with one attached hydrogen (secondary N) is 3. The quantitative estimate of drug-likeness (QED) is 0.488. The molecule has 28 heavy (non-hydrogen) atoms. The molecule has 0 saturated carbocycles. The second kappa shape index (κ2) is 8.25. The van der Waals surface area contributed by atoms with Gasteiger partial charge in [-0.25, -0.2) is 8.78 Å². The number of aromatic nitrogens is 3. The SMILES string of the molecule is C[C@@H](Nc1nc(Nc2ccc(F)cc2)nc(Nc2ccc(F)cc2)n1)C(=O)O. The van der Waals surface area contributed by atoms with Crippen molar-refractivity contribution in [1.82, 2.24) is 15.0 Å². The number of nitrogens with zero attached hydrogens (tertiary/aromatic N) is 3. The highest BCUT2D eigenvalue weighted by Crippen LogP contribution is 2.19. The van der Waals surface area contributed by atoms with Crippen LogP contribution in [0, 0.1) is 11.6 Å². The molecule has 4 N–H and O–H groups in total. The predicted octanol–water partition coefficient (Wildman–Crippen LogP) is 3.52. The minimum Gasteiger partial charge on any atom is -0.480 e. The van der Waals surface area contributed by atoms with E-state index in [2.05, 4.69) is 30.9 Å². The normalized spacial score (nSPS) is 11.5. The van der Waals surface area contributed by atoms with Gasteiger partial charge in [0.15, 0.2) is 0 Å². The molecular formula is C18H16F2N6O2. The lowest BCUT2D eigenvalue weighted by Crippen LogP contribution is -2.26. The summed E-state index contributed by atoms with van der Waals surface area (Å²) in [6.45, 7) is 1.44. The molecule has 8 nitrogen and oxygen atoms in total. The maximum Gasteiger partial charge on any atom is 0.325 e. The van der Waals surface area contributed by atoms with Crippen molar-refractivity contribution >= 4 is 35.2 Å². The van der Waals surface area contributed by atoms with Crippen molar-refractivity contribution in [3.63, 3.8) is 0 Å². The third-order valence-electron chi connectivity index (χ3n) is 3.55. The van der Waals surface area contributed by atoms with Gasteiger partial charge in [-0.3, -0.25) is 4.79 Å². The smallest absolute Gasteiger partial charge is 0.325 e. The van der Waals surface area contributed by atoms with Crippen LogP contribution in [0.1, 0.15) is 6.92 Å². The lowest BCUT2D eigenvalue weighted by atomic mass is 10.3. The van der Waals surface area contributed by atoms with E-state index in [1.54, 1.807) is 0 Å². The van der Waals surface area contributed by atoms with Gasteiger partial charge < -0.3 is 21.1 Å². The van der Waals surface area contributed by atoms with E-state index in [-0.39, 0.29) is 17.8 Å². The molecule has 0 unspecified atom stereocenters. The summed E-state index contributed by atoms with van der Waals surface area (Å²) in [5, 5.41) is 17.5. The van der Waals surface area contributed by atoms with Crippen LogP contribution in [-0.2, 0) is 4.79 Å². The Labute approximate surface area is 158 Å². The van der Waals surface area contributed by atoms with Crippen molar-refractivity contribution in [3.05, 3.63) is 60.2 Å². The molecule has 0 spiro atoms. The number of carboxylic acids is 1. The number of rotatable bonds is 7. The third-order valence-corrected chi connectivity index (χ3v) is 3.55. The zero-order chi connectivity index (χ0) is 20.1. The summed E-state index contributed by atoms with van der Waals surface area (Å²) >= 11 is 0. The first-order valence-corrected chi connectivity index (χ1v) is 8.19. The summed E-state index contributed by atoms with van der Waals surface area (Å²) in [7, 11) is 0. The molecule has 0 aliphatic carbocycles. The van der Waals surface area contributed by atoms with Crippen LogP contribution in [0.3, 0.4) is 0 Å². The van der Waals surface area contributed by atoms with Crippen molar-refractivity contribution in [3.8, 4) is 0 Å². The Balaban J connectivity index is 1.89. The molecule has 0 aliphatic rings. The fraction of sp³-hybridized carbons (Fsp3) is 0.111. The van der Waals surface area contributed by atoms with E-state index in [9.17, 15) is 13.6 Å². The summed E-state index contributed by atoms with van der Waals surface area (Å²) in [5.74, 6) is -1.65. The van der Waals surface area contributed by atoms with Gasteiger partial charge in [0, 0.05) is 11.4 Å². The summed E-state index contributed by atoms with van der Waals surface area (Å²) in [4.78, 5) is 23.5. The van der Waals surface area contributed by atoms with E-state index < -0.39 is 23.6 Å². The number of aliphatic carboxylic acids is 1. The molecule has 1 aromatic heterocycles. The molecule has 3 rings (SSSR count). The van der Waals surface area contributed by atoms with Crippen LogP contribution in [0.25, 0.3) is 0 Å². The maximum absolute atomic E-state index is 13.1. The summed E-state index contributed by atoms with van der Waals surface area (Å²) < 4.78 is 26.1. The monoisotopic (exact) mass is 386 g/mol. The van der Waals surface area contributed by atoms with Gasteiger partial charge in [-0.15, -0.1) is 0 Å². The highest BCUT2D eigenvalue weighted by Gasteiger charge is 2.14. The number of hydrogen-bond acceptors (Lipinski definition) is 7. The molecule has 1 atom stereocenters. The van der Waals surface area contributed by atoms with E-state index >= 15 is 0 Å². The van der Waals surface area contributed by atoms with Crippen LogP contribution in [0.5, 0.6) is 0 Å². The Kier molecular flexibility index (Phi) is 5.58. The van der Waals surface area contributed by atoms with Gasteiger partial charge in [-0.1, -0.05) is 0 Å². The summed E-state index contributed by atoms with van der Waals surface area (Å²) in [5.41, 5.74) is 1.05. The minimum atomic E-state index is -1.08. The van der Waals surface area contributed by atoms with E-state index in [4.69, 9.17) is 5.11 Å². The van der Waals surface area contributed by atoms with Crippen LogP contribution in [0.15, 0.2) is 48.5 Å². The van der Waals surface area contributed by atoms with Gasteiger partial charge in [0.05, 0.1) is 0 Å². The highest BCUT2D eigenvalue weighted by atomic mass is 19.1. The second-order valence-corrected chi connectivity index (χ2v) is 5.77. The Morgan fingerprint density at radius 1 is 0.821 bits per heavy atom. The maximum atomic E-state index is 13.1. The van der Waals surface area contributed by atoms with Crippen LogP contribution in [0.2, 0.25) is 0 Å². The number of benzene rings is 2. The molecule has 0 radical (unpaired) electrons. The van der Waals surface area contributed by atoms with E-state index in [1.807, 2.05) is 0 Å². The van der Waals surface area contributed by atoms with Crippen molar-refractivity contribution in [2.75, 3.05) is 16.0 Å². The molecule has 1 heterocycles. The van der Waals surface area contributed by atoms with Crippen molar-refractivity contribution in [2.24, 2.45) is 0 Å². The number of anilines is 5. The van der Waals surface area contributed by atoms with Gasteiger partial charge in [-0.05, 0) is 55.5 Å². The van der Waals surface area contributed by atoms with E-state index in [0.29, 0.717) is 11.4 Å². The number of hydrogen-bond donors (Lipinski definition) is 4. The molecule has 2 aromatic carbocycles. The van der Waals surface area contributed by atoms with Crippen LogP contribution in [-0.4, -0.2) is 32.1 Å². The Morgan fingerprint density at radius 2 is 1.21 bits per heavy atom. The second-order valence-electron chi connectivity index (χ2n) is 5.77. The molecular weight excluding hydrogens is 370 g/mol. The molecule has 0 fully saturated rings. The Morgan fingerprint density at radius 3 is 1.61 bits per heavy atom. The molecule has 3 aromatic rings. The largest absolute Gasteiger partial charge is 0.480 e. The molecule has 144 valence electrons. The first-order chi connectivity index (χ1) is 13.4. The van der Waals surface area contributed by atoms with Crippen molar-refractivity contribution < 1.29 is 18.7 Å². The van der Waals surface area contributed by atoms with Crippen LogP contribution >= 0.6 is 0 Å². The van der Waals surface area contributed by atoms with Crippen molar-refractivity contribution in [1.29, 1.82) is 0 Å². The average Bonchev–Trinajstić information content (AvgIpc) is 2.65. The Bertz CT molecular complexity index is 901. The first-order valence-electron chi connectivity index (χ1n) is 8.19. The fourth-order valence-corrected chi connectivity index (χ4v) is 2.13. The van der Waals surface area contributed by atoms with Gasteiger partial charge in [0.25, 0.3) is 0 Å². The lowest BCUT2D eigenvalue weighted by molar-refractivity contribution is -0.137. The third kappa shape index (κ3) is 5.10. The molecule has 0 amide bonds. The highest BCUT2D eigenvalue weighted by molar-refractivity contribution is 5.76. The summed E-state index contributed by atoms with van der Waals surface area (Å²) in [6, 6.07) is 10.1. The molecule has 10 heteroatoms. The number of carboxylic acid groups (broad SMARTS) is 1. The minimum absolute atomic E-state index is 0.0131. The first kappa shape index (κ1) is 19.0. The van der Waals surface area contributed by atoms with Gasteiger partial charge in [0.2, 0.25) is 17.8 Å². The van der Waals surface area contributed by atoms with Crippen LogP contribution in [0.4, 0.5) is 38.0 Å². The molecule has 0 bridgehead atoms. The Hall–Kier alpha value is -3.82. The molecule has 0 aliphatic heterocycles. The predicted molar refractivity (Wildman–Crippen MR) is 99.9 cm³/mol. The van der Waals surface area contributed by atoms with Gasteiger partial charge >= 0.3 is 5.97 Å². The van der Waals surface area contributed by atoms with E-state index in [1.165, 1.54) is 55.5 Å².